The number of carbonyl (C=O) groups excluding carboxylic acids is 3. The molecular weight excluding hydrogens is 422 g/mol. The highest BCUT2D eigenvalue weighted by Gasteiger charge is 2.22. The van der Waals surface area contributed by atoms with E-state index in [2.05, 4.69) is 10.6 Å². The molecule has 0 spiro atoms. The van der Waals surface area contributed by atoms with E-state index in [1.54, 1.807) is 18.2 Å². The number of aryl methyl sites for hydroxylation is 1. The maximum Gasteiger partial charge on any atom is 0.256 e. The van der Waals surface area contributed by atoms with Crippen LogP contribution in [0.2, 0.25) is 0 Å². The highest BCUT2D eigenvalue weighted by molar-refractivity contribution is 8.00. The van der Waals surface area contributed by atoms with Crippen LogP contribution < -0.4 is 10.6 Å². The van der Waals surface area contributed by atoms with E-state index >= 15 is 0 Å². The first-order chi connectivity index (χ1) is 15.3. The number of benzene rings is 2. The largest absolute Gasteiger partial charge is 0.342 e. The molecule has 170 valence electrons. The van der Waals surface area contributed by atoms with Gasteiger partial charge in [-0.3, -0.25) is 14.4 Å². The van der Waals surface area contributed by atoms with Crippen LogP contribution in [0.15, 0.2) is 47.4 Å². The van der Waals surface area contributed by atoms with E-state index in [4.69, 9.17) is 0 Å². The van der Waals surface area contributed by atoms with E-state index in [1.807, 2.05) is 43.1 Å². The molecule has 7 heteroatoms. The second kappa shape index (κ2) is 11.2. The molecule has 3 rings (SSSR count). The summed E-state index contributed by atoms with van der Waals surface area (Å²) in [5.74, 6) is -0.0234. The topological polar surface area (TPSA) is 78.5 Å². The Morgan fingerprint density at radius 1 is 1.03 bits per heavy atom. The zero-order valence-electron chi connectivity index (χ0n) is 18.9. The molecule has 32 heavy (non-hydrogen) atoms. The van der Waals surface area contributed by atoms with Crippen molar-refractivity contribution < 1.29 is 14.4 Å². The van der Waals surface area contributed by atoms with Crippen molar-refractivity contribution in [2.45, 2.75) is 56.9 Å². The fourth-order valence-electron chi connectivity index (χ4n) is 3.92. The molecule has 2 N–H and O–H groups in total. The molecule has 2 aromatic rings. The first kappa shape index (κ1) is 23.9. The van der Waals surface area contributed by atoms with Gasteiger partial charge in [0.05, 0.1) is 11.3 Å². The van der Waals surface area contributed by atoms with Crippen LogP contribution >= 0.6 is 11.8 Å². The lowest BCUT2D eigenvalue weighted by atomic mass is 9.94. The van der Waals surface area contributed by atoms with Gasteiger partial charge in [0.15, 0.2) is 0 Å². The third-order valence-electron chi connectivity index (χ3n) is 5.80. The van der Waals surface area contributed by atoms with Crippen LogP contribution in [0.3, 0.4) is 0 Å². The quantitative estimate of drug-likeness (QED) is 0.573. The van der Waals surface area contributed by atoms with E-state index in [0.717, 1.165) is 23.3 Å². The molecule has 0 aromatic heterocycles. The number of amides is 3. The predicted molar refractivity (Wildman–Crippen MR) is 130 cm³/mol. The van der Waals surface area contributed by atoms with Crippen LogP contribution in [0.1, 0.15) is 54.9 Å². The van der Waals surface area contributed by atoms with E-state index in [-0.39, 0.29) is 17.7 Å². The van der Waals surface area contributed by atoms with Gasteiger partial charge in [0, 0.05) is 36.3 Å². The van der Waals surface area contributed by atoms with Gasteiger partial charge in [-0.2, -0.15) is 0 Å². The monoisotopic (exact) mass is 453 g/mol. The number of carbonyl (C=O) groups is 3. The van der Waals surface area contributed by atoms with Crippen LogP contribution in [0, 0.1) is 6.92 Å². The van der Waals surface area contributed by atoms with Crippen LogP contribution in [-0.4, -0.2) is 41.5 Å². The number of hydrogen-bond donors (Lipinski definition) is 2. The lowest BCUT2D eigenvalue weighted by Gasteiger charge is -2.31. The highest BCUT2D eigenvalue weighted by Crippen LogP contribution is 2.27. The average Bonchev–Trinajstić information content (AvgIpc) is 2.79. The van der Waals surface area contributed by atoms with E-state index < -0.39 is 0 Å². The van der Waals surface area contributed by atoms with Gasteiger partial charge in [0.25, 0.3) is 5.91 Å². The zero-order valence-corrected chi connectivity index (χ0v) is 19.8. The van der Waals surface area contributed by atoms with Crippen molar-refractivity contribution in [1.29, 1.82) is 0 Å². The molecule has 0 atom stereocenters. The fraction of sp³-hybridized carbons (Fsp3) is 0.400. The molecule has 6 nitrogen and oxygen atoms in total. The molecule has 1 aliphatic carbocycles. The number of nitrogens with zero attached hydrogens (tertiary/aromatic N) is 1. The molecule has 2 aromatic carbocycles. The highest BCUT2D eigenvalue weighted by atomic mass is 32.2. The predicted octanol–water partition coefficient (Wildman–Crippen LogP) is 5.09. The molecule has 0 saturated heterocycles. The molecular formula is C25H31N3O3S. The van der Waals surface area contributed by atoms with Crippen molar-refractivity contribution in [3.05, 3.63) is 53.6 Å². The first-order valence-corrected chi connectivity index (χ1v) is 12.0. The van der Waals surface area contributed by atoms with Crippen molar-refractivity contribution in [3.8, 4) is 0 Å². The summed E-state index contributed by atoms with van der Waals surface area (Å²) in [6.07, 6.45) is 5.76. The minimum absolute atomic E-state index is 0.0931. The van der Waals surface area contributed by atoms with Gasteiger partial charge in [-0.15, -0.1) is 11.8 Å². The minimum Gasteiger partial charge on any atom is -0.342 e. The van der Waals surface area contributed by atoms with Crippen molar-refractivity contribution >= 4 is 40.9 Å². The Morgan fingerprint density at radius 3 is 2.47 bits per heavy atom. The Balaban J connectivity index is 1.66. The molecule has 1 saturated carbocycles. The fourth-order valence-corrected chi connectivity index (χ4v) is 4.89. The lowest BCUT2D eigenvalue weighted by molar-refractivity contribution is -0.129. The summed E-state index contributed by atoms with van der Waals surface area (Å²) in [4.78, 5) is 39.7. The molecule has 3 amide bonds. The van der Waals surface area contributed by atoms with Gasteiger partial charge in [-0.25, -0.2) is 0 Å². The summed E-state index contributed by atoms with van der Waals surface area (Å²) in [6, 6.07) is 13.0. The van der Waals surface area contributed by atoms with Crippen molar-refractivity contribution in [3.63, 3.8) is 0 Å². The van der Waals surface area contributed by atoms with Gasteiger partial charge < -0.3 is 15.5 Å². The van der Waals surface area contributed by atoms with E-state index in [0.29, 0.717) is 28.7 Å². The van der Waals surface area contributed by atoms with Gasteiger partial charge in [-0.05, 0) is 49.6 Å². The summed E-state index contributed by atoms with van der Waals surface area (Å²) in [7, 11) is 1.89. The molecule has 0 bridgehead atoms. The Kier molecular flexibility index (Phi) is 8.33. The van der Waals surface area contributed by atoms with E-state index in [9.17, 15) is 14.4 Å². The van der Waals surface area contributed by atoms with E-state index in [1.165, 1.54) is 37.9 Å². The Hall–Kier alpha value is -2.80. The number of hydrogen-bond acceptors (Lipinski definition) is 4. The standard InChI is InChI=1S/C25H31N3O3S/c1-17-13-14-19(15-22(17)26-18(2)29)27-25(31)21-11-7-8-12-23(21)32-16-24(30)28(3)20-9-5-4-6-10-20/h7-8,11-15,20H,4-6,9-10,16H2,1-3H3,(H,26,29)(H,27,31). The van der Waals surface area contributed by atoms with Gasteiger partial charge in [0.1, 0.15) is 0 Å². The number of nitrogens with one attached hydrogen (secondary N) is 2. The summed E-state index contributed by atoms with van der Waals surface area (Å²) < 4.78 is 0. The SMILES string of the molecule is CC(=O)Nc1cc(NC(=O)c2ccccc2SCC(=O)N(C)C2CCCCC2)ccc1C. The Morgan fingerprint density at radius 2 is 1.75 bits per heavy atom. The van der Waals surface area contributed by atoms with Crippen molar-refractivity contribution in [2.24, 2.45) is 0 Å². The molecule has 1 aliphatic rings. The Labute approximate surface area is 194 Å². The van der Waals surface area contributed by atoms with Gasteiger partial charge in [-0.1, -0.05) is 37.5 Å². The Bertz CT molecular complexity index is 986. The van der Waals surface area contributed by atoms with Crippen LogP contribution in [0.5, 0.6) is 0 Å². The summed E-state index contributed by atoms with van der Waals surface area (Å²) >= 11 is 1.39. The molecule has 0 radical (unpaired) electrons. The van der Waals surface area contributed by atoms with Crippen LogP contribution in [0.4, 0.5) is 11.4 Å². The second-order valence-corrected chi connectivity index (χ2v) is 9.26. The second-order valence-electron chi connectivity index (χ2n) is 8.25. The van der Waals surface area contributed by atoms with Gasteiger partial charge in [0.2, 0.25) is 11.8 Å². The van der Waals surface area contributed by atoms with Gasteiger partial charge >= 0.3 is 0 Å². The van der Waals surface area contributed by atoms with Crippen LogP contribution in [0.25, 0.3) is 0 Å². The minimum atomic E-state index is -0.251. The molecule has 1 fully saturated rings. The zero-order chi connectivity index (χ0) is 23.1. The van der Waals surface area contributed by atoms with Crippen molar-refractivity contribution in [2.75, 3.05) is 23.4 Å². The molecule has 0 aliphatic heterocycles. The summed E-state index contributed by atoms with van der Waals surface area (Å²) in [5, 5.41) is 5.67. The first-order valence-electron chi connectivity index (χ1n) is 11.0. The molecule has 0 heterocycles. The maximum atomic E-state index is 13.0. The normalized spacial score (nSPS) is 14.0. The number of anilines is 2. The lowest BCUT2D eigenvalue weighted by Crippen LogP contribution is -2.39. The number of thioether (sulfide) groups is 1. The third kappa shape index (κ3) is 6.36. The average molecular weight is 454 g/mol. The summed E-state index contributed by atoms with van der Waals surface area (Å²) in [5.41, 5.74) is 2.69. The maximum absolute atomic E-state index is 13.0. The summed E-state index contributed by atoms with van der Waals surface area (Å²) in [6.45, 7) is 3.34. The number of rotatable bonds is 7. The third-order valence-corrected chi connectivity index (χ3v) is 6.86. The van der Waals surface area contributed by atoms with Crippen molar-refractivity contribution in [1.82, 2.24) is 4.90 Å². The smallest absolute Gasteiger partial charge is 0.256 e. The molecule has 0 unspecified atom stereocenters. The van der Waals surface area contributed by atoms with Crippen LogP contribution in [-0.2, 0) is 9.59 Å².